The highest BCUT2D eigenvalue weighted by Gasteiger charge is 2.35. The van der Waals surface area contributed by atoms with Gasteiger partial charge in [-0.05, 0) is 41.8 Å². The summed E-state index contributed by atoms with van der Waals surface area (Å²) in [5.74, 6) is -4.67. The average Bonchev–Trinajstić information content (AvgIpc) is 2.54. The molecule has 0 spiro atoms. The zero-order valence-electron chi connectivity index (χ0n) is 16.5. The summed E-state index contributed by atoms with van der Waals surface area (Å²) in [5, 5.41) is 0. The highest BCUT2D eigenvalue weighted by atomic mass is 19.4. The van der Waals surface area contributed by atoms with E-state index in [0.717, 1.165) is 0 Å². The van der Waals surface area contributed by atoms with Crippen LogP contribution in [0.4, 0.5) is 52.7 Å². The zero-order chi connectivity index (χ0) is 26.8. The molecule has 0 aliphatic heterocycles. The smallest absolute Gasteiger partial charge is 0.406 e. The molecule has 0 aliphatic carbocycles. The summed E-state index contributed by atoms with van der Waals surface area (Å²) in [6.07, 6.45) is -22.0. The van der Waals surface area contributed by atoms with Crippen LogP contribution in [0.1, 0.15) is 17.2 Å². The van der Waals surface area contributed by atoms with Crippen LogP contribution in [-0.2, 0) is 6.42 Å². The van der Waals surface area contributed by atoms with Crippen molar-refractivity contribution < 1.29 is 71.6 Å². The molecule has 5 nitrogen and oxygen atoms in total. The maximum absolute atomic E-state index is 12.5. The van der Waals surface area contributed by atoms with E-state index in [1.807, 2.05) is 0 Å². The summed E-state index contributed by atoms with van der Waals surface area (Å²) in [6, 6.07) is 1.24. The number of benzene rings is 2. The second-order valence-electron chi connectivity index (χ2n) is 6.55. The van der Waals surface area contributed by atoms with Crippen LogP contribution >= 0.6 is 0 Å². The van der Waals surface area contributed by atoms with Gasteiger partial charge < -0.3 is 24.7 Å². The second-order valence-corrected chi connectivity index (χ2v) is 6.55. The Hall–Kier alpha value is -3.24. The van der Waals surface area contributed by atoms with Gasteiger partial charge in [0, 0.05) is 18.2 Å². The van der Waals surface area contributed by atoms with Gasteiger partial charge in [0.2, 0.25) is 0 Å². The average molecular weight is 533 g/mol. The van der Waals surface area contributed by atoms with E-state index in [4.69, 9.17) is 5.73 Å². The maximum atomic E-state index is 12.5. The highest BCUT2D eigenvalue weighted by molar-refractivity contribution is 5.42. The third-order valence-corrected chi connectivity index (χ3v) is 3.66. The lowest BCUT2D eigenvalue weighted by Gasteiger charge is -2.19. The Balaban J connectivity index is 2.43. The Morgan fingerprint density at radius 3 is 1.09 bits per heavy atom. The van der Waals surface area contributed by atoms with Gasteiger partial charge in [0.05, 0.1) is 0 Å². The number of halogens is 12. The number of nitrogens with two attached hydrogens (primary N) is 1. The van der Waals surface area contributed by atoms with E-state index >= 15 is 0 Å². The summed E-state index contributed by atoms with van der Waals surface area (Å²) < 4.78 is 164. The fraction of sp³-hybridized carbons (Fsp3) is 0.333. The van der Waals surface area contributed by atoms with E-state index in [0.29, 0.717) is 24.3 Å². The van der Waals surface area contributed by atoms with Crippen LogP contribution in [0.25, 0.3) is 0 Å². The molecule has 2 rings (SSSR count). The Labute approximate surface area is 186 Å². The first-order valence-electron chi connectivity index (χ1n) is 8.75. The Morgan fingerprint density at radius 2 is 0.800 bits per heavy atom. The standard InChI is InChI=1S/C18H11F12NO4/c19-15(20,21)32-10-1-8(2-11(6-10)33-16(22,23)24)3-14(31)9-4-12(34-17(25,26)27)7-13(5-9)35-18(28,29)30/h1-2,4-7,14H,3,31H2. The molecule has 2 aromatic rings. The van der Waals surface area contributed by atoms with Crippen LogP contribution < -0.4 is 24.7 Å². The van der Waals surface area contributed by atoms with E-state index in [1.54, 1.807) is 0 Å². The van der Waals surface area contributed by atoms with Crippen LogP contribution in [0.5, 0.6) is 23.0 Å². The summed E-state index contributed by atoms with van der Waals surface area (Å²) in [6.45, 7) is 0. The fourth-order valence-electron chi connectivity index (χ4n) is 2.70. The minimum absolute atomic E-state index is 0.240. The van der Waals surface area contributed by atoms with Crippen molar-refractivity contribution in [2.24, 2.45) is 5.73 Å². The minimum Gasteiger partial charge on any atom is -0.406 e. The minimum atomic E-state index is -5.33. The molecule has 2 aromatic carbocycles. The van der Waals surface area contributed by atoms with Gasteiger partial charge in [-0.25, -0.2) is 0 Å². The molecular formula is C18H11F12NO4. The van der Waals surface area contributed by atoms with E-state index in [2.05, 4.69) is 18.9 Å². The molecule has 0 fully saturated rings. The van der Waals surface area contributed by atoms with E-state index in [9.17, 15) is 52.7 Å². The van der Waals surface area contributed by atoms with Crippen molar-refractivity contribution in [1.29, 1.82) is 0 Å². The van der Waals surface area contributed by atoms with E-state index in [-0.39, 0.29) is 12.1 Å². The Morgan fingerprint density at radius 1 is 0.514 bits per heavy atom. The molecule has 196 valence electrons. The lowest BCUT2D eigenvalue weighted by Crippen LogP contribution is -2.21. The van der Waals surface area contributed by atoms with Crippen LogP contribution in [-0.4, -0.2) is 25.4 Å². The largest absolute Gasteiger partial charge is 0.573 e. The molecule has 1 atom stereocenters. The van der Waals surface area contributed by atoms with E-state index in [1.165, 1.54) is 0 Å². The normalized spacial score (nSPS) is 13.9. The van der Waals surface area contributed by atoms with Crippen molar-refractivity contribution in [3.05, 3.63) is 47.5 Å². The number of ether oxygens (including phenoxy) is 4. The molecule has 2 N–H and O–H groups in total. The topological polar surface area (TPSA) is 62.9 Å². The fourth-order valence-corrected chi connectivity index (χ4v) is 2.70. The van der Waals surface area contributed by atoms with Crippen molar-refractivity contribution in [3.63, 3.8) is 0 Å². The van der Waals surface area contributed by atoms with Crippen LogP contribution in [0.3, 0.4) is 0 Å². The van der Waals surface area contributed by atoms with E-state index < -0.39 is 72.0 Å². The van der Waals surface area contributed by atoms with Gasteiger partial charge in [0.15, 0.2) is 0 Å². The van der Waals surface area contributed by atoms with Gasteiger partial charge >= 0.3 is 25.4 Å². The molecule has 0 amide bonds. The molecule has 0 saturated carbocycles. The molecule has 0 aliphatic rings. The van der Waals surface area contributed by atoms with Crippen molar-refractivity contribution in [2.75, 3.05) is 0 Å². The Bertz CT molecular complexity index is 946. The summed E-state index contributed by atoms with van der Waals surface area (Å²) in [7, 11) is 0. The number of hydrogen-bond acceptors (Lipinski definition) is 5. The van der Waals surface area contributed by atoms with Crippen molar-refractivity contribution >= 4 is 0 Å². The molecular weight excluding hydrogens is 522 g/mol. The molecule has 35 heavy (non-hydrogen) atoms. The van der Waals surface area contributed by atoms with Gasteiger partial charge in [0.1, 0.15) is 23.0 Å². The van der Waals surface area contributed by atoms with Gasteiger partial charge in [-0.15, -0.1) is 52.7 Å². The first-order valence-corrected chi connectivity index (χ1v) is 8.75. The molecule has 0 saturated heterocycles. The lowest BCUT2D eigenvalue weighted by molar-refractivity contribution is -0.278. The molecule has 17 heteroatoms. The molecule has 0 radical (unpaired) electrons. The predicted octanol–water partition coefficient (Wildman–Crippen LogP) is 6.52. The zero-order valence-corrected chi connectivity index (χ0v) is 16.5. The molecule has 0 aromatic heterocycles. The first-order chi connectivity index (χ1) is 15.7. The van der Waals surface area contributed by atoms with Crippen LogP contribution in [0.15, 0.2) is 36.4 Å². The molecule has 0 heterocycles. The van der Waals surface area contributed by atoms with Crippen molar-refractivity contribution in [2.45, 2.75) is 37.9 Å². The monoisotopic (exact) mass is 533 g/mol. The lowest BCUT2D eigenvalue weighted by atomic mass is 9.99. The van der Waals surface area contributed by atoms with Crippen LogP contribution in [0, 0.1) is 0 Å². The Kier molecular flexibility index (Phi) is 7.83. The molecule has 1 unspecified atom stereocenters. The SMILES string of the molecule is NC(Cc1cc(OC(F)(F)F)cc(OC(F)(F)F)c1)c1cc(OC(F)(F)F)cc(OC(F)(F)F)c1. The van der Waals surface area contributed by atoms with Gasteiger partial charge in [-0.3, -0.25) is 0 Å². The predicted molar refractivity (Wildman–Crippen MR) is 90.2 cm³/mol. The maximum Gasteiger partial charge on any atom is 0.573 e. The number of alkyl halides is 12. The van der Waals surface area contributed by atoms with Gasteiger partial charge in [-0.2, -0.15) is 0 Å². The first kappa shape index (κ1) is 28.0. The summed E-state index contributed by atoms with van der Waals surface area (Å²) in [4.78, 5) is 0. The number of rotatable bonds is 7. The van der Waals surface area contributed by atoms with Crippen LogP contribution in [0.2, 0.25) is 0 Å². The summed E-state index contributed by atoms with van der Waals surface area (Å²) >= 11 is 0. The van der Waals surface area contributed by atoms with Gasteiger partial charge in [-0.1, -0.05) is 0 Å². The highest BCUT2D eigenvalue weighted by Crippen LogP contribution is 2.35. The van der Waals surface area contributed by atoms with Gasteiger partial charge in [0.25, 0.3) is 0 Å². The van der Waals surface area contributed by atoms with Crippen molar-refractivity contribution in [1.82, 2.24) is 0 Å². The second kappa shape index (κ2) is 9.79. The third-order valence-electron chi connectivity index (χ3n) is 3.66. The third kappa shape index (κ3) is 10.7. The van der Waals surface area contributed by atoms with Crippen molar-refractivity contribution in [3.8, 4) is 23.0 Å². The quantitative estimate of drug-likeness (QED) is 0.411. The summed E-state index contributed by atoms with van der Waals surface area (Å²) in [5.41, 5.74) is 4.85. The number of hydrogen-bond donors (Lipinski definition) is 1. The molecule has 0 bridgehead atoms.